The van der Waals surface area contributed by atoms with Crippen molar-refractivity contribution in [3.63, 3.8) is 0 Å². The molecular weight excluding hydrogens is 300 g/mol. The average molecular weight is 322 g/mol. The molecule has 0 saturated heterocycles. The third-order valence-corrected chi connectivity index (χ3v) is 3.81. The van der Waals surface area contributed by atoms with Crippen molar-refractivity contribution in [1.82, 2.24) is 18.7 Å². The fourth-order valence-corrected chi connectivity index (χ4v) is 2.64. The standard InChI is InChI=1S/C15H22N4O4/c1-10(23-11(2)20)7-5-6-8-19-14(21)12-13(16-9-17(12)3)18(4)15(19)22/h9-10H,5-8H2,1-4H3. The Morgan fingerprint density at radius 3 is 2.65 bits per heavy atom. The second-order valence-electron chi connectivity index (χ2n) is 5.74. The quantitative estimate of drug-likeness (QED) is 0.572. The van der Waals surface area contributed by atoms with Gasteiger partial charge in [-0.15, -0.1) is 0 Å². The van der Waals surface area contributed by atoms with Crippen molar-refractivity contribution >= 4 is 17.1 Å². The normalized spacial score (nSPS) is 12.5. The zero-order chi connectivity index (χ0) is 17.1. The summed E-state index contributed by atoms with van der Waals surface area (Å²) in [5.41, 5.74) is 0.119. The molecule has 8 nitrogen and oxygen atoms in total. The van der Waals surface area contributed by atoms with E-state index in [4.69, 9.17) is 4.74 Å². The minimum atomic E-state index is -0.366. The van der Waals surface area contributed by atoms with E-state index in [0.29, 0.717) is 30.6 Å². The number of nitrogens with zero attached hydrogens (tertiary/aromatic N) is 4. The Morgan fingerprint density at radius 1 is 1.30 bits per heavy atom. The van der Waals surface area contributed by atoms with Crippen molar-refractivity contribution in [2.24, 2.45) is 14.1 Å². The molecule has 2 aromatic rings. The van der Waals surface area contributed by atoms with E-state index < -0.39 is 0 Å². The van der Waals surface area contributed by atoms with Crippen LogP contribution < -0.4 is 11.2 Å². The van der Waals surface area contributed by atoms with Gasteiger partial charge in [-0.2, -0.15) is 0 Å². The van der Waals surface area contributed by atoms with Crippen LogP contribution in [0.25, 0.3) is 11.2 Å². The van der Waals surface area contributed by atoms with Crippen molar-refractivity contribution in [1.29, 1.82) is 0 Å². The van der Waals surface area contributed by atoms with Crippen LogP contribution in [0, 0.1) is 0 Å². The van der Waals surface area contributed by atoms with Crippen LogP contribution in [-0.2, 0) is 30.2 Å². The summed E-state index contributed by atoms with van der Waals surface area (Å²) in [5, 5.41) is 0. The van der Waals surface area contributed by atoms with Gasteiger partial charge in [-0.05, 0) is 26.2 Å². The van der Waals surface area contributed by atoms with Crippen LogP contribution in [0.4, 0.5) is 0 Å². The number of hydrogen-bond acceptors (Lipinski definition) is 5. The number of esters is 1. The first kappa shape index (κ1) is 17.0. The number of hydrogen-bond donors (Lipinski definition) is 0. The smallest absolute Gasteiger partial charge is 0.332 e. The molecule has 126 valence electrons. The number of aromatic nitrogens is 4. The highest BCUT2D eigenvalue weighted by Gasteiger charge is 2.14. The fourth-order valence-electron chi connectivity index (χ4n) is 2.64. The maximum absolute atomic E-state index is 12.5. The van der Waals surface area contributed by atoms with Gasteiger partial charge in [-0.25, -0.2) is 9.78 Å². The van der Waals surface area contributed by atoms with Gasteiger partial charge in [-0.1, -0.05) is 0 Å². The second-order valence-corrected chi connectivity index (χ2v) is 5.74. The predicted octanol–water partition coefficient (Wildman–Crippen LogP) is 0.556. The van der Waals surface area contributed by atoms with Crippen molar-refractivity contribution in [3.05, 3.63) is 27.2 Å². The van der Waals surface area contributed by atoms with Gasteiger partial charge in [0.15, 0.2) is 11.2 Å². The third kappa shape index (κ3) is 3.52. The van der Waals surface area contributed by atoms with E-state index in [-0.39, 0.29) is 23.3 Å². The van der Waals surface area contributed by atoms with Gasteiger partial charge in [0, 0.05) is 27.6 Å². The Kier molecular flexibility index (Phi) is 5.02. The molecule has 1 atom stereocenters. The molecular formula is C15H22N4O4. The van der Waals surface area contributed by atoms with Crippen LogP contribution in [0.5, 0.6) is 0 Å². The summed E-state index contributed by atoms with van der Waals surface area (Å²) >= 11 is 0. The number of imidazole rings is 1. The summed E-state index contributed by atoms with van der Waals surface area (Å²) in [4.78, 5) is 39.7. The van der Waals surface area contributed by atoms with Gasteiger partial charge in [0.2, 0.25) is 0 Å². The van der Waals surface area contributed by atoms with Gasteiger partial charge >= 0.3 is 11.7 Å². The van der Waals surface area contributed by atoms with Crippen molar-refractivity contribution in [3.8, 4) is 0 Å². The lowest BCUT2D eigenvalue weighted by molar-refractivity contribution is -0.145. The Morgan fingerprint density at radius 2 is 2.00 bits per heavy atom. The number of ether oxygens (including phenoxy) is 1. The molecule has 0 radical (unpaired) electrons. The number of rotatable bonds is 6. The SMILES string of the molecule is CC(=O)OC(C)CCCCn1c(=O)c2c(ncn2C)n(C)c1=O. The summed E-state index contributed by atoms with van der Waals surface area (Å²) in [7, 11) is 3.34. The van der Waals surface area contributed by atoms with Crippen LogP contribution in [0.1, 0.15) is 33.1 Å². The highest BCUT2D eigenvalue weighted by molar-refractivity contribution is 5.69. The van der Waals surface area contributed by atoms with Crippen molar-refractivity contribution in [2.45, 2.75) is 45.8 Å². The van der Waals surface area contributed by atoms with E-state index in [2.05, 4.69) is 4.98 Å². The number of unbranched alkanes of at least 4 members (excludes halogenated alkanes) is 1. The predicted molar refractivity (Wildman–Crippen MR) is 85.3 cm³/mol. The first-order valence-electron chi connectivity index (χ1n) is 7.61. The zero-order valence-corrected chi connectivity index (χ0v) is 13.9. The molecule has 0 fully saturated rings. The third-order valence-electron chi connectivity index (χ3n) is 3.81. The van der Waals surface area contributed by atoms with E-state index in [1.165, 1.54) is 22.4 Å². The van der Waals surface area contributed by atoms with E-state index in [0.717, 1.165) is 6.42 Å². The van der Waals surface area contributed by atoms with Crippen LogP contribution in [0.3, 0.4) is 0 Å². The van der Waals surface area contributed by atoms with Gasteiger partial charge in [0.1, 0.15) is 0 Å². The lowest BCUT2D eigenvalue weighted by Crippen LogP contribution is -2.39. The maximum Gasteiger partial charge on any atom is 0.332 e. The minimum absolute atomic E-state index is 0.161. The Balaban J connectivity index is 2.12. The van der Waals surface area contributed by atoms with E-state index in [1.807, 2.05) is 6.92 Å². The maximum atomic E-state index is 12.5. The molecule has 2 aromatic heterocycles. The van der Waals surface area contributed by atoms with Gasteiger partial charge < -0.3 is 9.30 Å². The number of carbonyl (C=O) groups excluding carboxylic acids is 1. The first-order chi connectivity index (χ1) is 10.8. The van der Waals surface area contributed by atoms with Crippen molar-refractivity contribution < 1.29 is 9.53 Å². The van der Waals surface area contributed by atoms with Gasteiger partial charge in [0.05, 0.1) is 12.4 Å². The average Bonchev–Trinajstić information content (AvgIpc) is 2.85. The molecule has 0 N–H and O–H groups in total. The van der Waals surface area contributed by atoms with E-state index in [9.17, 15) is 14.4 Å². The zero-order valence-electron chi connectivity index (χ0n) is 13.9. The molecule has 2 rings (SSSR count). The highest BCUT2D eigenvalue weighted by atomic mass is 16.5. The lowest BCUT2D eigenvalue weighted by Gasteiger charge is -2.12. The van der Waals surface area contributed by atoms with E-state index >= 15 is 0 Å². The molecule has 0 spiro atoms. The first-order valence-corrected chi connectivity index (χ1v) is 7.61. The van der Waals surface area contributed by atoms with Gasteiger partial charge in [0.25, 0.3) is 5.56 Å². The molecule has 1 unspecified atom stereocenters. The van der Waals surface area contributed by atoms with E-state index in [1.54, 1.807) is 18.7 Å². The van der Waals surface area contributed by atoms with Crippen molar-refractivity contribution in [2.75, 3.05) is 0 Å². The molecule has 0 amide bonds. The number of aryl methyl sites for hydroxylation is 2. The van der Waals surface area contributed by atoms with Crippen LogP contribution in [0.15, 0.2) is 15.9 Å². The molecule has 0 aliphatic rings. The molecule has 0 aromatic carbocycles. The highest BCUT2D eigenvalue weighted by Crippen LogP contribution is 2.06. The molecule has 8 heteroatoms. The molecule has 23 heavy (non-hydrogen) atoms. The second kappa shape index (κ2) is 6.80. The summed E-state index contributed by atoms with van der Waals surface area (Å²) in [5.74, 6) is -0.302. The van der Waals surface area contributed by atoms with Crippen LogP contribution >= 0.6 is 0 Å². The topological polar surface area (TPSA) is 88.1 Å². The largest absolute Gasteiger partial charge is 0.463 e. The number of fused-ring (bicyclic) bond motifs is 1. The Labute approximate surface area is 133 Å². The molecule has 0 aliphatic carbocycles. The molecule has 2 heterocycles. The van der Waals surface area contributed by atoms with Crippen LogP contribution in [0.2, 0.25) is 0 Å². The fraction of sp³-hybridized carbons (Fsp3) is 0.600. The van der Waals surface area contributed by atoms with Gasteiger partial charge in [-0.3, -0.25) is 18.7 Å². The Hall–Kier alpha value is -2.38. The summed E-state index contributed by atoms with van der Waals surface area (Å²) < 4.78 is 9.29. The molecule has 0 bridgehead atoms. The Bertz CT molecular complexity index is 830. The summed E-state index contributed by atoms with van der Waals surface area (Å²) in [6, 6.07) is 0. The lowest BCUT2D eigenvalue weighted by atomic mass is 10.2. The monoisotopic (exact) mass is 322 g/mol. The minimum Gasteiger partial charge on any atom is -0.463 e. The van der Waals surface area contributed by atoms with Crippen LogP contribution in [-0.4, -0.2) is 30.8 Å². The summed E-state index contributed by atoms with van der Waals surface area (Å²) in [6.45, 7) is 3.54. The number of carbonyl (C=O) groups is 1. The molecule has 0 saturated carbocycles. The summed E-state index contributed by atoms with van der Waals surface area (Å²) in [6.07, 6.45) is 3.48. The molecule has 0 aliphatic heterocycles.